The number of esters is 1. The minimum atomic E-state index is -0.520. The smallest absolute Gasteiger partial charge is 0.338 e. The van der Waals surface area contributed by atoms with Crippen molar-refractivity contribution in [1.82, 2.24) is 0 Å². The van der Waals surface area contributed by atoms with Crippen LogP contribution in [0.4, 0.5) is 0 Å². The van der Waals surface area contributed by atoms with Crippen LogP contribution in [-0.2, 0) is 17.8 Å². The number of fused-ring (bicyclic) bond motifs is 1. The first kappa shape index (κ1) is 19.5. The van der Waals surface area contributed by atoms with Crippen LogP contribution < -0.4 is 15.1 Å². The molecule has 0 spiro atoms. The van der Waals surface area contributed by atoms with Crippen molar-refractivity contribution < 1.29 is 23.4 Å². The van der Waals surface area contributed by atoms with Crippen LogP contribution in [0, 0.1) is 0 Å². The third kappa shape index (κ3) is 4.17. The Morgan fingerprint density at radius 1 is 1.04 bits per heavy atom. The van der Waals surface area contributed by atoms with E-state index in [-0.39, 0.29) is 6.61 Å². The summed E-state index contributed by atoms with van der Waals surface area (Å²) in [4.78, 5) is 24.3. The van der Waals surface area contributed by atoms with Crippen LogP contribution in [0.2, 0.25) is 0 Å². The molecule has 6 heteroatoms. The van der Waals surface area contributed by atoms with E-state index in [0.29, 0.717) is 34.8 Å². The lowest BCUT2D eigenvalue weighted by Gasteiger charge is -2.11. The zero-order valence-electron chi connectivity index (χ0n) is 16.1. The van der Waals surface area contributed by atoms with Gasteiger partial charge in [-0.15, -0.1) is 0 Å². The van der Waals surface area contributed by atoms with Crippen LogP contribution in [-0.4, -0.2) is 19.7 Å². The van der Waals surface area contributed by atoms with E-state index in [1.54, 1.807) is 18.2 Å². The summed E-state index contributed by atoms with van der Waals surface area (Å²) in [5, 5.41) is 0.744. The molecule has 0 amide bonds. The highest BCUT2D eigenvalue weighted by molar-refractivity contribution is 5.90. The Labute approximate surface area is 162 Å². The van der Waals surface area contributed by atoms with Gasteiger partial charge < -0.3 is 18.6 Å². The molecule has 0 saturated carbocycles. The molecule has 0 bridgehead atoms. The van der Waals surface area contributed by atoms with E-state index in [1.807, 2.05) is 32.0 Å². The van der Waals surface area contributed by atoms with Crippen molar-refractivity contribution in [3.05, 3.63) is 69.6 Å². The van der Waals surface area contributed by atoms with E-state index in [0.717, 1.165) is 17.4 Å². The second kappa shape index (κ2) is 8.61. The average Bonchev–Trinajstić information content (AvgIpc) is 2.71. The van der Waals surface area contributed by atoms with Crippen LogP contribution in [0.1, 0.15) is 35.3 Å². The maximum Gasteiger partial charge on any atom is 0.338 e. The minimum absolute atomic E-state index is 0.0398. The number of methoxy groups -OCH3 is 1. The lowest BCUT2D eigenvalue weighted by atomic mass is 10.1. The van der Waals surface area contributed by atoms with Crippen LogP contribution in [0.5, 0.6) is 11.5 Å². The summed E-state index contributed by atoms with van der Waals surface area (Å²) in [6.45, 7) is 4.34. The maximum atomic E-state index is 12.5. The van der Waals surface area contributed by atoms with E-state index in [2.05, 4.69) is 0 Å². The fourth-order valence-electron chi connectivity index (χ4n) is 2.91. The SMILES string of the molecule is CCOc1ccc(C(=O)OCc2cc(=O)oc3cc(CC)ccc23)cc1OC. The van der Waals surface area contributed by atoms with Crippen molar-refractivity contribution in [3.8, 4) is 11.5 Å². The van der Waals surface area contributed by atoms with Gasteiger partial charge in [0.15, 0.2) is 11.5 Å². The second-order valence-electron chi connectivity index (χ2n) is 6.15. The molecule has 0 atom stereocenters. The zero-order chi connectivity index (χ0) is 20.1. The number of rotatable bonds is 7. The molecule has 1 aromatic heterocycles. The van der Waals surface area contributed by atoms with Crippen molar-refractivity contribution in [3.63, 3.8) is 0 Å². The fraction of sp³-hybridized carbons (Fsp3) is 0.273. The van der Waals surface area contributed by atoms with Gasteiger partial charge in [0.1, 0.15) is 12.2 Å². The first-order valence-electron chi connectivity index (χ1n) is 9.09. The summed E-state index contributed by atoms with van der Waals surface area (Å²) in [5.74, 6) is 0.488. The van der Waals surface area contributed by atoms with Crippen LogP contribution in [0.15, 0.2) is 51.7 Å². The normalized spacial score (nSPS) is 10.7. The molecule has 0 fully saturated rings. The van der Waals surface area contributed by atoms with Crippen molar-refractivity contribution in [2.45, 2.75) is 26.9 Å². The number of carbonyl (C=O) groups excluding carboxylic acids is 1. The number of benzene rings is 2. The van der Waals surface area contributed by atoms with E-state index >= 15 is 0 Å². The molecule has 0 unspecified atom stereocenters. The molecule has 0 aliphatic heterocycles. The third-order valence-corrected chi connectivity index (χ3v) is 4.36. The van der Waals surface area contributed by atoms with Gasteiger partial charge in [0.2, 0.25) is 0 Å². The lowest BCUT2D eigenvalue weighted by Crippen LogP contribution is -2.08. The molecular weight excluding hydrogens is 360 g/mol. The summed E-state index contributed by atoms with van der Waals surface area (Å²) in [7, 11) is 1.51. The second-order valence-corrected chi connectivity index (χ2v) is 6.15. The van der Waals surface area contributed by atoms with Gasteiger partial charge in [0, 0.05) is 17.0 Å². The summed E-state index contributed by atoms with van der Waals surface area (Å²) < 4.78 is 21.4. The Morgan fingerprint density at radius 3 is 2.57 bits per heavy atom. The number of hydrogen-bond donors (Lipinski definition) is 0. The monoisotopic (exact) mass is 382 g/mol. The minimum Gasteiger partial charge on any atom is -0.493 e. The quantitative estimate of drug-likeness (QED) is 0.452. The zero-order valence-corrected chi connectivity index (χ0v) is 16.1. The Hall–Kier alpha value is -3.28. The molecule has 1 heterocycles. The standard InChI is InChI=1S/C22H22O6/c1-4-14-6-8-17-16(12-21(23)28-19(17)10-14)13-27-22(24)15-7-9-18(26-5-2)20(11-15)25-3/h6-12H,4-5,13H2,1-3H3. The van der Waals surface area contributed by atoms with Gasteiger partial charge in [0.05, 0.1) is 19.3 Å². The van der Waals surface area contributed by atoms with Crippen molar-refractivity contribution in [2.75, 3.05) is 13.7 Å². The Morgan fingerprint density at radius 2 is 1.86 bits per heavy atom. The van der Waals surface area contributed by atoms with Crippen molar-refractivity contribution in [2.24, 2.45) is 0 Å². The number of aryl methyl sites for hydroxylation is 1. The number of hydrogen-bond acceptors (Lipinski definition) is 6. The Balaban J connectivity index is 1.82. The van der Waals surface area contributed by atoms with E-state index in [4.69, 9.17) is 18.6 Å². The summed E-state index contributed by atoms with van der Waals surface area (Å²) >= 11 is 0. The molecule has 6 nitrogen and oxygen atoms in total. The summed E-state index contributed by atoms with van der Waals surface area (Å²) in [6, 6.07) is 11.9. The van der Waals surface area contributed by atoms with Crippen LogP contribution in [0.3, 0.4) is 0 Å². The van der Waals surface area contributed by atoms with Gasteiger partial charge in [-0.25, -0.2) is 9.59 Å². The Kier molecular flexibility index (Phi) is 5.99. The summed E-state index contributed by atoms with van der Waals surface area (Å²) in [5.41, 5.74) is 2.00. The molecule has 3 rings (SSSR count). The molecule has 0 radical (unpaired) electrons. The van der Waals surface area contributed by atoms with Gasteiger partial charge in [-0.05, 0) is 43.2 Å². The highest BCUT2D eigenvalue weighted by atomic mass is 16.5. The van der Waals surface area contributed by atoms with Gasteiger partial charge in [-0.3, -0.25) is 0 Å². The third-order valence-electron chi connectivity index (χ3n) is 4.36. The van der Waals surface area contributed by atoms with E-state index < -0.39 is 11.6 Å². The van der Waals surface area contributed by atoms with Crippen molar-refractivity contribution in [1.29, 1.82) is 0 Å². The lowest BCUT2D eigenvalue weighted by molar-refractivity contribution is 0.0473. The summed E-state index contributed by atoms with van der Waals surface area (Å²) in [6.07, 6.45) is 0.832. The Bertz CT molecular complexity index is 1050. The predicted octanol–water partition coefficient (Wildman–Crippen LogP) is 4.12. The highest BCUT2D eigenvalue weighted by Gasteiger charge is 2.14. The van der Waals surface area contributed by atoms with Crippen molar-refractivity contribution >= 4 is 16.9 Å². The van der Waals surface area contributed by atoms with Gasteiger partial charge in [0.25, 0.3) is 0 Å². The molecule has 0 aliphatic rings. The van der Waals surface area contributed by atoms with E-state index in [1.165, 1.54) is 13.2 Å². The molecule has 0 N–H and O–H groups in total. The molecule has 0 saturated heterocycles. The number of ether oxygens (including phenoxy) is 3. The first-order chi connectivity index (χ1) is 13.5. The van der Waals surface area contributed by atoms with Gasteiger partial charge >= 0.3 is 11.6 Å². The molecule has 146 valence electrons. The molecule has 28 heavy (non-hydrogen) atoms. The highest BCUT2D eigenvalue weighted by Crippen LogP contribution is 2.28. The molecule has 2 aromatic carbocycles. The average molecular weight is 382 g/mol. The molecule has 0 aliphatic carbocycles. The van der Waals surface area contributed by atoms with Gasteiger partial charge in [-0.1, -0.05) is 19.1 Å². The van der Waals surface area contributed by atoms with Crippen LogP contribution >= 0.6 is 0 Å². The van der Waals surface area contributed by atoms with Gasteiger partial charge in [-0.2, -0.15) is 0 Å². The molecule has 3 aromatic rings. The molecular formula is C22H22O6. The fourth-order valence-corrected chi connectivity index (χ4v) is 2.91. The van der Waals surface area contributed by atoms with E-state index in [9.17, 15) is 9.59 Å². The first-order valence-corrected chi connectivity index (χ1v) is 9.09. The largest absolute Gasteiger partial charge is 0.493 e. The number of carbonyl (C=O) groups is 1. The predicted molar refractivity (Wildman–Crippen MR) is 105 cm³/mol. The maximum absolute atomic E-state index is 12.5. The topological polar surface area (TPSA) is 75.0 Å². The van der Waals surface area contributed by atoms with Crippen LogP contribution in [0.25, 0.3) is 11.0 Å².